The van der Waals surface area contributed by atoms with Crippen molar-refractivity contribution in [3.8, 4) is 0 Å². The number of carbonyl (C=O) groups is 2. The number of amides is 1. The second kappa shape index (κ2) is 6.02. The minimum atomic E-state index is -1.00. The van der Waals surface area contributed by atoms with Gasteiger partial charge in [-0.15, -0.1) is 0 Å². The van der Waals surface area contributed by atoms with Gasteiger partial charge in [0.2, 0.25) is 0 Å². The van der Waals surface area contributed by atoms with Crippen molar-refractivity contribution >= 4 is 11.9 Å². The molecule has 0 radical (unpaired) electrons. The molecule has 1 amide bonds. The summed E-state index contributed by atoms with van der Waals surface area (Å²) in [5.74, 6) is -1.22. The SMILES string of the molecule is Cc1cccc(CNC(=O)c2ccc(C(=O)O)cc2)c1. The van der Waals surface area contributed by atoms with Crippen molar-refractivity contribution in [3.05, 3.63) is 70.8 Å². The van der Waals surface area contributed by atoms with Crippen molar-refractivity contribution in [2.24, 2.45) is 0 Å². The lowest BCUT2D eigenvalue weighted by Gasteiger charge is -2.06. The zero-order valence-electron chi connectivity index (χ0n) is 11.1. The van der Waals surface area contributed by atoms with Crippen LogP contribution in [0.1, 0.15) is 31.8 Å². The smallest absolute Gasteiger partial charge is 0.335 e. The van der Waals surface area contributed by atoms with E-state index in [-0.39, 0.29) is 11.5 Å². The van der Waals surface area contributed by atoms with E-state index >= 15 is 0 Å². The molecule has 2 N–H and O–H groups in total. The van der Waals surface area contributed by atoms with Crippen LogP contribution < -0.4 is 5.32 Å². The minimum Gasteiger partial charge on any atom is -0.478 e. The summed E-state index contributed by atoms with van der Waals surface area (Å²) in [6.07, 6.45) is 0. The van der Waals surface area contributed by atoms with E-state index in [1.807, 2.05) is 31.2 Å². The van der Waals surface area contributed by atoms with Crippen LogP contribution in [0.2, 0.25) is 0 Å². The fourth-order valence-corrected chi connectivity index (χ4v) is 1.87. The number of rotatable bonds is 4. The normalized spacial score (nSPS) is 10.1. The van der Waals surface area contributed by atoms with Gasteiger partial charge in [0, 0.05) is 12.1 Å². The molecular weight excluding hydrogens is 254 g/mol. The van der Waals surface area contributed by atoms with Crippen LogP contribution in [0.25, 0.3) is 0 Å². The second-order valence-corrected chi connectivity index (χ2v) is 4.55. The first-order valence-corrected chi connectivity index (χ1v) is 6.23. The van der Waals surface area contributed by atoms with Crippen LogP contribution >= 0.6 is 0 Å². The molecular formula is C16H15NO3. The van der Waals surface area contributed by atoms with Crippen LogP contribution in [0.5, 0.6) is 0 Å². The van der Waals surface area contributed by atoms with Gasteiger partial charge in [-0.1, -0.05) is 29.8 Å². The molecule has 0 bridgehead atoms. The van der Waals surface area contributed by atoms with Gasteiger partial charge in [-0.25, -0.2) is 4.79 Å². The molecule has 0 saturated carbocycles. The van der Waals surface area contributed by atoms with Crippen molar-refractivity contribution in [2.45, 2.75) is 13.5 Å². The summed E-state index contributed by atoms with van der Waals surface area (Å²) in [6.45, 7) is 2.44. The molecule has 0 heterocycles. The number of aromatic carboxylic acids is 1. The molecule has 0 aliphatic rings. The van der Waals surface area contributed by atoms with Crippen LogP contribution in [0.15, 0.2) is 48.5 Å². The van der Waals surface area contributed by atoms with Crippen molar-refractivity contribution in [1.29, 1.82) is 0 Å². The van der Waals surface area contributed by atoms with E-state index in [1.54, 1.807) is 0 Å². The van der Waals surface area contributed by atoms with E-state index < -0.39 is 5.97 Å². The number of nitrogens with one attached hydrogen (secondary N) is 1. The summed E-state index contributed by atoms with van der Waals surface area (Å²) >= 11 is 0. The molecule has 4 heteroatoms. The molecule has 0 atom stereocenters. The molecule has 0 saturated heterocycles. The Hall–Kier alpha value is -2.62. The monoisotopic (exact) mass is 269 g/mol. The largest absolute Gasteiger partial charge is 0.478 e. The average Bonchev–Trinajstić information content (AvgIpc) is 2.45. The van der Waals surface area contributed by atoms with Crippen molar-refractivity contribution in [2.75, 3.05) is 0 Å². The third kappa shape index (κ3) is 3.45. The highest BCUT2D eigenvalue weighted by Crippen LogP contribution is 2.06. The molecule has 2 aromatic rings. The Morgan fingerprint density at radius 3 is 2.30 bits per heavy atom. The lowest BCUT2D eigenvalue weighted by molar-refractivity contribution is 0.0696. The van der Waals surface area contributed by atoms with E-state index in [9.17, 15) is 9.59 Å². The number of benzene rings is 2. The molecule has 102 valence electrons. The molecule has 0 fully saturated rings. The van der Waals surface area contributed by atoms with Gasteiger partial charge < -0.3 is 10.4 Å². The molecule has 0 unspecified atom stereocenters. The summed E-state index contributed by atoms with van der Waals surface area (Å²) in [7, 11) is 0. The summed E-state index contributed by atoms with van der Waals surface area (Å²) in [4.78, 5) is 22.6. The average molecular weight is 269 g/mol. The van der Waals surface area contributed by atoms with E-state index in [2.05, 4.69) is 5.32 Å². The number of carboxylic acids is 1. The van der Waals surface area contributed by atoms with Gasteiger partial charge >= 0.3 is 5.97 Å². The summed E-state index contributed by atoms with van der Waals surface area (Å²) in [5, 5.41) is 11.6. The van der Waals surface area contributed by atoms with Crippen LogP contribution in [0, 0.1) is 6.92 Å². The fourth-order valence-electron chi connectivity index (χ4n) is 1.87. The molecule has 0 aliphatic heterocycles. The van der Waals surface area contributed by atoms with Gasteiger partial charge in [-0.2, -0.15) is 0 Å². The maximum absolute atomic E-state index is 11.9. The van der Waals surface area contributed by atoms with Gasteiger partial charge in [-0.3, -0.25) is 4.79 Å². The van der Waals surface area contributed by atoms with Gasteiger partial charge in [0.15, 0.2) is 0 Å². The first kappa shape index (κ1) is 13.8. The topological polar surface area (TPSA) is 66.4 Å². The molecule has 0 aromatic heterocycles. The zero-order chi connectivity index (χ0) is 14.5. The number of carboxylic acid groups (broad SMARTS) is 1. The van der Waals surface area contributed by atoms with Gasteiger partial charge in [-0.05, 0) is 36.8 Å². The summed E-state index contributed by atoms with van der Waals surface area (Å²) in [6, 6.07) is 13.8. The zero-order valence-corrected chi connectivity index (χ0v) is 11.1. The molecule has 2 aromatic carbocycles. The minimum absolute atomic E-state index is 0.167. The lowest BCUT2D eigenvalue weighted by Crippen LogP contribution is -2.22. The highest BCUT2D eigenvalue weighted by Gasteiger charge is 2.07. The van der Waals surface area contributed by atoms with Crippen LogP contribution in [-0.2, 0) is 6.54 Å². The predicted octanol–water partition coefficient (Wildman–Crippen LogP) is 2.62. The third-order valence-electron chi connectivity index (χ3n) is 2.93. The number of carbonyl (C=O) groups excluding carboxylic acids is 1. The number of hydrogen-bond acceptors (Lipinski definition) is 2. The Balaban J connectivity index is 1.99. The molecule has 2 rings (SSSR count). The van der Waals surface area contributed by atoms with Crippen molar-refractivity contribution in [3.63, 3.8) is 0 Å². The van der Waals surface area contributed by atoms with Gasteiger partial charge in [0.25, 0.3) is 5.91 Å². The Kier molecular flexibility index (Phi) is 4.15. The second-order valence-electron chi connectivity index (χ2n) is 4.55. The Morgan fingerprint density at radius 1 is 1.05 bits per heavy atom. The summed E-state index contributed by atoms with van der Waals surface area (Å²) < 4.78 is 0. The van der Waals surface area contributed by atoms with Crippen molar-refractivity contribution in [1.82, 2.24) is 5.32 Å². The first-order valence-electron chi connectivity index (χ1n) is 6.23. The third-order valence-corrected chi connectivity index (χ3v) is 2.93. The highest BCUT2D eigenvalue weighted by atomic mass is 16.4. The van der Waals surface area contributed by atoms with Crippen LogP contribution in [0.4, 0.5) is 0 Å². The van der Waals surface area contributed by atoms with E-state index in [0.29, 0.717) is 12.1 Å². The maximum Gasteiger partial charge on any atom is 0.335 e. The standard InChI is InChI=1S/C16H15NO3/c1-11-3-2-4-12(9-11)10-17-15(18)13-5-7-14(8-6-13)16(19)20/h2-9H,10H2,1H3,(H,17,18)(H,19,20). The Labute approximate surface area is 117 Å². The van der Waals surface area contributed by atoms with Gasteiger partial charge in [0.05, 0.1) is 5.56 Å². The first-order chi connectivity index (χ1) is 9.56. The Morgan fingerprint density at radius 2 is 1.70 bits per heavy atom. The fraction of sp³-hybridized carbons (Fsp3) is 0.125. The quantitative estimate of drug-likeness (QED) is 0.896. The van der Waals surface area contributed by atoms with E-state index in [0.717, 1.165) is 11.1 Å². The summed E-state index contributed by atoms with van der Waals surface area (Å²) in [5.41, 5.74) is 2.78. The van der Waals surface area contributed by atoms with Crippen molar-refractivity contribution < 1.29 is 14.7 Å². The predicted molar refractivity (Wildman–Crippen MR) is 75.8 cm³/mol. The molecule has 4 nitrogen and oxygen atoms in total. The Bertz CT molecular complexity index is 632. The molecule has 20 heavy (non-hydrogen) atoms. The van der Waals surface area contributed by atoms with E-state index in [1.165, 1.54) is 24.3 Å². The van der Waals surface area contributed by atoms with Crippen LogP contribution in [0.3, 0.4) is 0 Å². The molecule has 0 aliphatic carbocycles. The lowest BCUT2D eigenvalue weighted by atomic mass is 10.1. The van der Waals surface area contributed by atoms with Gasteiger partial charge in [0.1, 0.15) is 0 Å². The number of aryl methyl sites for hydroxylation is 1. The maximum atomic E-state index is 11.9. The highest BCUT2D eigenvalue weighted by molar-refractivity contribution is 5.95. The van der Waals surface area contributed by atoms with E-state index in [4.69, 9.17) is 5.11 Å². The number of hydrogen-bond donors (Lipinski definition) is 2. The van der Waals surface area contributed by atoms with Crippen LogP contribution in [-0.4, -0.2) is 17.0 Å². The molecule has 0 spiro atoms.